The van der Waals surface area contributed by atoms with Gasteiger partial charge in [0.1, 0.15) is 10.1 Å². The Morgan fingerprint density at radius 1 is 0.971 bits per heavy atom. The second-order valence-electron chi connectivity index (χ2n) is 8.31. The molecule has 2 amide bonds. The van der Waals surface area contributed by atoms with Gasteiger partial charge < -0.3 is 9.64 Å². The Bertz CT molecular complexity index is 1150. The maximum absolute atomic E-state index is 13.5. The Morgan fingerprint density at radius 3 is 2.44 bits per heavy atom. The van der Waals surface area contributed by atoms with Gasteiger partial charge in [-0.25, -0.2) is 0 Å². The van der Waals surface area contributed by atoms with Crippen LogP contribution in [0.3, 0.4) is 0 Å². The number of amides is 2. The third-order valence-electron chi connectivity index (χ3n) is 6.07. The number of rotatable bonds is 9. The van der Waals surface area contributed by atoms with Crippen molar-refractivity contribution in [1.82, 2.24) is 4.90 Å². The number of halogens is 1. The van der Waals surface area contributed by atoms with Crippen LogP contribution < -0.4 is 9.64 Å². The van der Waals surface area contributed by atoms with Gasteiger partial charge in [0.2, 0.25) is 0 Å². The standard InChI is InChI=1S/C26H27BrN2O3S2/c1-3-4-5-6-14-28-21-12-9-18(27)16-20(21)22(24(28)30)23-25(31)29(26(33)34-23)15-13-17-7-10-19(32-2)11-8-17/h7-12,16H,3-6,13-15H2,1-2H3. The van der Waals surface area contributed by atoms with Gasteiger partial charge in [-0.1, -0.05) is 78.2 Å². The minimum atomic E-state index is -0.189. The lowest BCUT2D eigenvalue weighted by molar-refractivity contribution is -0.122. The van der Waals surface area contributed by atoms with E-state index in [4.69, 9.17) is 17.0 Å². The molecular formula is C26H27BrN2O3S2. The fraction of sp³-hybridized carbons (Fsp3) is 0.346. The Balaban J connectivity index is 1.58. The zero-order chi connectivity index (χ0) is 24.2. The molecule has 178 valence electrons. The largest absolute Gasteiger partial charge is 0.497 e. The highest BCUT2D eigenvalue weighted by molar-refractivity contribution is 9.10. The van der Waals surface area contributed by atoms with Crippen molar-refractivity contribution in [3.8, 4) is 5.75 Å². The first kappa shape index (κ1) is 24.9. The second kappa shape index (κ2) is 11.1. The molecule has 2 aromatic rings. The molecule has 2 aliphatic heterocycles. The van der Waals surface area contributed by atoms with Gasteiger partial charge >= 0.3 is 0 Å². The summed E-state index contributed by atoms with van der Waals surface area (Å²) in [4.78, 5) is 30.8. The summed E-state index contributed by atoms with van der Waals surface area (Å²) in [5.41, 5.74) is 3.22. The SMILES string of the molecule is CCCCCCN1C(=O)C(=C2SC(=S)N(CCc3ccc(OC)cc3)C2=O)c2cc(Br)ccc21. The lowest BCUT2D eigenvalue weighted by Crippen LogP contribution is -2.31. The Morgan fingerprint density at radius 2 is 1.74 bits per heavy atom. The normalized spacial score (nSPS) is 17.7. The molecule has 0 unspecified atom stereocenters. The summed E-state index contributed by atoms with van der Waals surface area (Å²) >= 11 is 10.3. The van der Waals surface area contributed by atoms with Crippen LogP contribution in [0.2, 0.25) is 0 Å². The van der Waals surface area contributed by atoms with E-state index < -0.39 is 0 Å². The summed E-state index contributed by atoms with van der Waals surface area (Å²) in [6.07, 6.45) is 4.97. The van der Waals surface area contributed by atoms with Crippen molar-refractivity contribution in [2.45, 2.75) is 39.0 Å². The van der Waals surface area contributed by atoms with E-state index in [9.17, 15) is 9.59 Å². The Kier molecular flexibility index (Phi) is 8.11. The highest BCUT2D eigenvalue weighted by Crippen LogP contribution is 2.45. The molecule has 1 fully saturated rings. The monoisotopic (exact) mass is 558 g/mol. The molecule has 0 N–H and O–H groups in total. The number of nitrogens with zero attached hydrogens (tertiary/aromatic N) is 2. The fourth-order valence-electron chi connectivity index (χ4n) is 4.22. The van der Waals surface area contributed by atoms with Crippen molar-refractivity contribution >= 4 is 67.3 Å². The van der Waals surface area contributed by atoms with Crippen molar-refractivity contribution in [2.75, 3.05) is 25.1 Å². The molecule has 2 aromatic carbocycles. The first-order chi connectivity index (χ1) is 16.4. The highest BCUT2D eigenvalue weighted by atomic mass is 79.9. The summed E-state index contributed by atoms with van der Waals surface area (Å²) in [5, 5.41) is 0. The van der Waals surface area contributed by atoms with E-state index in [2.05, 4.69) is 22.9 Å². The quantitative estimate of drug-likeness (QED) is 0.208. The molecule has 1 saturated heterocycles. The second-order valence-corrected chi connectivity index (χ2v) is 10.9. The van der Waals surface area contributed by atoms with Crippen LogP contribution in [0.15, 0.2) is 51.8 Å². The minimum Gasteiger partial charge on any atom is -0.497 e. The molecule has 0 spiro atoms. The fourth-order valence-corrected chi connectivity index (χ4v) is 5.96. The van der Waals surface area contributed by atoms with Crippen molar-refractivity contribution in [3.63, 3.8) is 0 Å². The predicted molar refractivity (Wildman–Crippen MR) is 146 cm³/mol. The molecule has 0 bridgehead atoms. The summed E-state index contributed by atoms with van der Waals surface area (Å²) in [6.45, 7) is 3.28. The number of hydrogen-bond acceptors (Lipinski definition) is 5. The number of methoxy groups -OCH3 is 1. The molecule has 2 aliphatic rings. The van der Waals surface area contributed by atoms with E-state index in [1.807, 2.05) is 47.4 Å². The zero-order valence-electron chi connectivity index (χ0n) is 19.3. The highest BCUT2D eigenvalue weighted by Gasteiger charge is 2.41. The molecule has 5 nitrogen and oxygen atoms in total. The van der Waals surface area contributed by atoms with Gasteiger partial charge in [0, 0.05) is 23.1 Å². The zero-order valence-corrected chi connectivity index (χ0v) is 22.5. The van der Waals surface area contributed by atoms with E-state index in [1.165, 1.54) is 11.8 Å². The number of ether oxygens (including phenoxy) is 1. The number of carbonyl (C=O) groups excluding carboxylic acids is 2. The number of thiocarbonyl (C=S) groups is 1. The number of carbonyl (C=O) groups is 2. The molecule has 0 aliphatic carbocycles. The van der Waals surface area contributed by atoms with Gasteiger partial charge in [-0.3, -0.25) is 14.5 Å². The molecular weight excluding hydrogens is 532 g/mol. The van der Waals surface area contributed by atoms with Gasteiger partial charge in [-0.2, -0.15) is 0 Å². The average Bonchev–Trinajstić information content (AvgIpc) is 3.26. The van der Waals surface area contributed by atoms with Crippen LogP contribution in [-0.4, -0.2) is 41.2 Å². The maximum atomic E-state index is 13.5. The van der Waals surface area contributed by atoms with Crippen molar-refractivity contribution in [1.29, 1.82) is 0 Å². The molecule has 2 heterocycles. The van der Waals surface area contributed by atoms with Crippen LogP contribution in [0.5, 0.6) is 5.75 Å². The Labute approximate surface area is 218 Å². The smallest absolute Gasteiger partial charge is 0.267 e. The van der Waals surface area contributed by atoms with E-state index in [0.717, 1.165) is 52.7 Å². The predicted octanol–water partition coefficient (Wildman–Crippen LogP) is 6.20. The number of unbranched alkanes of at least 4 members (excludes halogenated alkanes) is 3. The third kappa shape index (κ3) is 5.09. The number of anilines is 1. The lowest BCUT2D eigenvalue weighted by Gasteiger charge is -2.17. The first-order valence-electron chi connectivity index (χ1n) is 11.5. The van der Waals surface area contributed by atoms with Crippen LogP contribution in [0.25, 0.3) is 5.57 Å². The van der Waals surface area contributed by atoms with Crippen LogP contribution in [-0.2, 0) is 16.0 Å². The van der Waals surface area contributed by atoms with Crippen LogP contribution >= 0.6 is 39.9 Å². The van der Waals surface area contributed by atoms with Crippen LogP contribution in [0.4, 0.5) is 5.69 Å². The number of thioether (sulfide) groups is 1. The van der Waals surface area contributed by atoms with E-state index >= 15 is 0 Å². The number of fused-ring (bicyclic) bond motifs is 1. The Hall–Kier alpha value is -2.16. The van der Waals surface area contributed by atoms with Crippen molar-refractivity contribution < 1.29 is 14.3 Å². The third-order valence-corrected chi connectivity index (χ3v) is 8.01. The topological polar surface area (TPSA) is 49.9 Å². The molecule has 34 heavy (non-hydrogen) atoms. The first-order valence-corrected chi connectivity index (χ1v) is 13.5. The van der Waals surface area contributed by atoms with Gasteiger partial charge in [0.15, 0.2) is 0 Å². The average molecular weight is 560 g/mol. The maximum Gasteiger partial charge on any atom is 0.267 e. The number of benzene rings is 2. The molecule has 0 saturated carbocycles. The van der Waals surface area contributed by atoms with Crippen LogP contribution in [0.1, 0.15) is 43.7 Å². The van der Waals surface area contributed by atoms with Crippen molar-refractivity contribution in [3.05, 3.63) is 63.0 Å². The van der Waals surface area contributed by atoms with Crippen molar-refractivity contribution in [2.24, 2.45) is 0 Å². The molecule has 0 radical (unpaired) electrons. The van der Waals surface area contributed by atoms with Crippen LogP contribution in [0, 0.1) is 0 Å². The lowest BCUT2D eigenvalue weighted by atomic mass is 10.1. The van der Waals surface area contributed by atoms with Gasteiger partial charge in [0.25, 0.3) is 11.8 Å². The van der Waals surface area contributed by atoms with E-state index in [1.54, 1.807) is 12.0 Å². The summed E-state index contributed by atoms with van der Waals surface area (Å²) in [6, 6.07) is 13.6. The minimum absolute atomic E-state index is 0.111. The van der Waals surface area contributed by atoms with E-state index in [-0.39, 0.29) is 11.8 Å². The molecule has 0 atom stereocenters. The number of hydrogen-bond donors (Lipinski definition) is 0. The van der Waals surface area contributed by atoms with Gasteiger partial charge in [-0.05, 0) is 48.7 Å². The summed E-state index contributed by atoms with van der Waals surface area (Å²) in [7, 11) is 1.63. The molecule has 0 aromatic heterocycles. The van der Waals surface area contributed by atoms with Gasteiger partial charge in [-0.15, -0.1) is 0 Å². The summed E-state index contributed by atoms with van der Waals surface area (Å²) in [5.74, 6) is 0.494. The summed E-state index contributed by atoms with van der Waals surface area (Å²) < 4.78 is 6.58. The molecule has 8 heteroatoms. The van der Waals surface area contributed by atoms with E-state index in [0.29, 0.717) is 34.3 Å². The van der Waals surface area contributed by atoms with Gasteiger partial charge in [0.05, 0.1) is 23.3 Å². The molecule has 4 rings (SSSR count).